The van der Waals surface area contributed by atoms with Crippen LogP contribution < -0.4 is 5.32 Å². The molecule has 0 saturated carbocycles. The molecular formula is C20H21FN2O2S. The molecule has 0 unspecified atom stereocenters. The minimum atomic E-state index is -0.482. The van der Waals surface area contributed by atoms with Crippen LogP contribution in [0.4, 0.5) is 4.39 Å². The Labute approximate surface area is 156 Å². The molecule has 0 radical (unpaired) electrons. The maximum Gasteiger partial charge on any atom is 0.256 e. The number of nitrogens with zero attached hydrogens (tertiary/aromatic N) is 1. The summed E-state index contributed by atoms with van der Waals surface area (Å²) in [6.07, 6.45) is 4.95. The fourth-order valence-corrected chi connectivity index (χ4v) is 3.61. The van der Waals surface area contributed by atoms with Crippen LogP contribution in [0.25, 0.3) is 6.08 Å². The van der Waals surface area contributed by atoms with E-state index < -0.39 is 5.82 Å². The largest absolute Gasteiger partial charge is 0.352 e. The van der Waals surface area contributed by atoms with E-state index in [0.29, 0.717) is 25.6 Å². The van der Waals surface area contributed by atoms with Gasteiger partial charge >= 0.3 is 0 Å². The lowest BCUT2D eigenvalue weighted by molar-refractivity contribution is -0.116. The fraction of sp³-hybridized carbons (Fsp3) is 0.300. The first kappa shape index (κ1) is 18.3. The molecule has 1 aliphatic heterocycles. The average molecular weight is 372 g/mol. The highest BCUT2D eigenvalue weighted by atomic mass is 32.1. The zero-order valence-corrected chi connectivity index (χ0v) is 15.2. The Morgan fingerprint density at radius 1 is 1.19 bits per heavy atom. The average Bonchev–Trinajstić information content (AvgIpc) is 3.18. The lowest BCUT2D eigenvalue weighted by atomic mass is 9.96. The molecule has 2 aromatic rings. The van der Waals surface area contributed by atoms with E-state index in [1.165, 1.54) is 12.1 Å². The van der Waals surface area contributed by atoms with Gasteiger partial charge in [-0.1, -0.05) is 18.2 Å². The Balaban J connectivity index is 1.43. The SMILES string of the molecule is O=C(C=Cc1cccs1)NCC1CCN(C(=O)c2ccccc2F)CC1. The van der Waals surface area contributed by atoms with Gasteiger partial charge in [0.15, 0.2) is 0 Å². The van der Waals surface area contributed by atoms with Gasteiger partial charge in [-0.05, 0) is 48.4 Å². The number of hydrogen-bond donors (Lipinski definition) is 1. The molecule has 6 heteroatoms. The van der Waals surface area contributed by atoms with Crippen molar-refractivity contribution in [2.45, 2.75) is 12.8 Å². The first-order valence-corrected chi connectivity index (χ1v) is 9.54. The lowest BCUT2D eigenvalue weighted by Gasteiger charge is -2.32. The summed E-state index contributed by atoms with van der Waals surface area (Å²) < 4.78 is 13.8. The molecule has 1 aromatic carbocycles. The smallest absolute Gasteiger partial charge is 0.256 e. The second-order valence-electron chi connectivity index (χ2n) is 6.31. The highest BCUT2D eigenvalue weighted by molar-refractivity contribution is 7.10. The zero-order valence-electron chi connectivity index (χ0n) is 14.4. The van der Waals surface area contributed by atoms with Crippen molar-refractivity contribution in [2.24, 2.45) is 5.92 Å². The Morgan fingerprint density at radius 3 is 2.65 bits per heavy atom. The van der Waals surface area contributed by atoms with E-state index in [1.54, 1.807) is 40.5 Å². The van der Waals surface area contributed by atoms with Gasteiger partial charge in [-0.15, -0.1) is 11.3 Å². The monoisotopic (exact) mass is 372 g/mol. The second-order valence-corrected chi connectivity index (χ2v) is 7.29. The zero-order chi connectivity index (χ0) is 18.4. The molecule has 0 spiro atoms. The van der Waals surface area contributed by atoms with Crippen molar-refractivity contribution in [3.63, 3.8) is 0 Å². The molecule has 1 aliphatic rings. The Hall–Kier alpha value is -2.47. The number of benzene rings is 1. The summed E-state index contributed by atoms with van der Waals surface area (Å²) in [5.74, 6) is -0.518. The maximum atomic E-state index is 13.8. The Morgan fingerprint density at radius 2 is 1.96 bits per heavy atom. The molecule has 1 N–H and O–H groups in total. The second kappa shape index (κ2) is 8.76. The van der Waals surface area contributed by atoms with Crippen molar-refractivity contribution in [2.75, 3.05) is 19.6 Å². The van der Waals surface area contributed by atoms with Gasteiger partial charge in [0.1, 0.15) is 5.82 Å². The lowest BCUT2D eigenvalue weighted by Crippen LogP contribution is -2.41. The predicted octanol–water partition coefficient (Wildman–Crippen LogP) is 3.57. The molecule has 0 aliphatic carbocycles. The van der Waals surface area contributed by atoms with Gasteiger partial charge in [0.05, 0.1) is 5.56 Å². The topological polar surface area (TPSA) is 49.4 Å². The predicted molar refractivity (Wildman–Crippen MR) is 101 cm³/mol. The molecule has 0 bridgehead atoms. The van der Waals surface area contributed by atoms with Crippen LogP contribution in [-0.4, -0.2) is 36.3 Å². The normalized spacial score (nSPS) is 15.3. The van der Waals surface area contributed by atoms with E-state index in [9.17, 15) is 14.0 Å². The molecule has 2 heterocycles. The summed E-state index contributed by atoms with van der Waals surface area (Å²) in [7, 11) is 0. The van der Waals surface area contributed by atoms with Crippen molar-refractivity contribution in [1.29, 1.82) is 0 Å². The van der Waals surface area contributed by atoms with Crippen molar-refractivity contribution < 1.29 is 14.0 Å². The molecule has 2 amide bonds. The van der Waals surface area contributed by atoms with Gasteiger partial charge in [0, 0.05) is 30.6 Å². The van der Waals surface area contributed by atoms with Crippen LogP contribution >= 0.6 is 11.3 Å². The number of thiophene rings is 1. The van der Waals surface area contributed by atoms with Gasteiger partial charge in [-0.2, -0.15) is 0 Å². The van der Waals surface area contributed by atoms with E-state index in [4.69, 9.17) is 0 Å². The third kappa shape index (κ3) is 4.79. The third-order valence-corrected chi connectivity index (χ3v) is 5.35. The molecule has 1 saturated heterocycles. The molecule has 0 atom stereocenters. The summed E-state index contributed by atoms with van der Waals surface area (Å²) in [6, 6.07) is 9.97. The summed E-state index contributed by atoms with van der Waals surface area (Å²) in [4.78, 5) is 27.0. The Bertz CT molecular complexity index is 781. The maximum absolute atomic E-state index is 13.8. The van der Waals surface area contributed by atoms with Crippen LogP contribution in [0.3, 0.4) is 0 Å². The minimum absolute atomic E-state index is 0.108. The summed E-state index contributed by atoms with van der Waals surface area (Å²) >= 11 is 1.58. The van der Waals surface area contributed by atoms with Crippen LogP contribution in [0, 0.1) is 11.7 Å². The van der Waals surface area contributed by atoms with Crippen LogP contribution in [-0.2, 0) is 4.79 Å². The summed E-state index contributed by atoms with van der Waals surface area (Å²) in [5.41, 5.74) is 0.123. The minimum Gasteiger partial charge on any atom is -0.352 e. The van der Waals surface area contributed by atoms with E-state index in [2.05, 4.69) is 5.32 Å². The van der Waals surface area contributed by atoms with E-state index in [1.807, 2.05) is 17.5 Å². The summed E-state index contributed by atoms with van der Waals surface area (Å²) in [6.45, 7) is 1.76. The number of rotatable bonds is 5. The molecular weight excluding hydrogens is 351 g/mol. The fourth-order valence-electron chi connectivity index (χ4n) is 2.99. The molecule has 26 heavy (non-hydrogen) atoms. The molecule has 4 nitrogen and oxygen atoms in total. The van der Waals surface area contributed by atoms with Gasteiger partial charge in [-0.3, -0.25) is 9.59 Å². The van der Waals surface area contributed by atoms with E-state index in [0.717, 1.165) is 17.7 Å². The number of hydrogen-bond acceptors (Lipinski definition) is 3. The van der Waals surface area contributed by atoms with Gasteiger partial charge in [-0.25, -0.2) is 4.39 Å². The Kier molecular flexibility index (Phi) is 6.17. The summed E-state index contributed by atoms with van der Waals surface area (Å²) in [5, 5.41) is 4.88. The van der Waals surface area contributed by atoms with Gasteiger partial charge in [0.25, 0.3) is 5.91 Å². The third-order valence-electron chi connectivity index (χ3n) is 4.51. The molecule has 1 fully saturated rings. The molecule has 3 rings (SSSR count). The van der Waals surface area contributed by atoms with E-state index >= 15 is 0 Å². The van der Waals surface area contributed by atoms with E-state index in [-0.39, 0.29) is 17.4 Å². The first-order chi connectivity index (χ1) is 12.6. The molecule has 1 aromatic heterocycles. The van der Waals surface area contributed by atoms with Crippen LogP contribution in [0.5, 0.6) is 0 Å². The van der Waals surface area contributed by atoms with Crippen LogP contribution in [0.1, 0.15) is 28.1 Å². The number of carbonyl (C=O) groups excluding carboxylic acids is 2. The number of halogens is 1. The number of amides is 2. The van der Waals surface area contributed by atoms with Crippen molar-refractivity contribution in [3.8, 4) is 0 Å². The number of nitrogens with one attached hydrogen (secondary N) is 1. The van der Waals surface area contributed by atoms with Gasteiger partial charge < -0.3 is 10.2 Å². The standard InChI is InChI=1S/C20H21FN2O2S/c21-18-6-2-1-5-17(18)20(25)23-11-9-15(10-12-23)14-22-19(24)8-7-16-4-3-13-26-16/h1-8,13,15H,9-12,14H2,(H,22,24). The quantitative estimate of drug-likeness (QED) is 0.816. The van der Waals surface area contributed by atoms with Crippen molar-refractivity contribution >= 4 is 29.2 Å². The van der Waals surface area contributed by atoms with Crippen LogP contribution in [0.15, 0.2) is 47.9 Å². The number of likely N-dealkylation sites (tertiary alicyclic amines) is 1. The highest BCUT2D eigenvalue weighted by Crippen LogP contribution is 2.19. The highest BCUT2D eigenvalue weighted by Gasteiger charge is 2.25. The van der Waals surface area contributed by atoms with Gasteiger partial charge in [0.2, 0.25) is 5.91 Å². The number of piperidine rings is 1. The van der Waals surface area contributed by atoms with Crippen molar-refractivity contribution in [1.82, 2.24) is 10.2 Å². The first-order valence-electron chi connectivity index (χ1n) is 8.66. The van der Waals surface area contributed by atoms with Crippen LogP contribution in [0.2, 0.25) is 0 Å². The number of carbonyl (C=O) groups is 2. The molecule has 136 valence electrons. The van der Waals surface area contributed by atoms with Crippen molar-refractivity contribution in [3.05, 3.63) is 64.1 Å².